The summed E-state index contributed by atoms with van der Waals surface area (Å²) < 4.78 is 0. The fourth-order valence-electron chi connectivity index (χ4n) is 2.21. The van der Waals surface area contributed by atoms with Crippen molar-refractivity contribution in [1.29, 1.82) is 0 Å². The number of aromatic nitrogens is 3. The highest BCUT2D eigenvalue weighted by atomic mass is 35.5. The number of hydrogen-bond donors (Lipinski definition) is 3. The zero-order chi connectivity index (χ0) is 18.5. The van der Waals surface area contributed by atoms with Crippen LogP contribution in [-0.2, 0) is 4.79 Å². The first-order chi connectivity index (χ1) is 12.5. The van der Waals surface area contributed by atoms with Gasteiger partial charge in [0.15, 0.2) is 0 Å². The van der Waals surface area contributed by atoms with E-state index in [4.69, 9.17) is 16.7 Å². The molecule has 1 aromatic carbocycles. The molecule has 3 N–H and O–H groups in total. The van der Waals surface area contributed by atoms with Gasteiger partial charge in [0.2, 0.25) is 5.95 Å². The number of carboxylic acids is 1. The summed E-state index contributed by atoms with van der Waals surface area (Å²) in [6.45, 7) is 1.63. The predicted octanol–water partition coefficient (Wildman–Crippen LogP) is 3.74. The Hall–Kier alpha value is -3.19. The molecule has 0 spiro atoms. The van der Waals surface area contributed by atoms with Gasteiger partial charge in [0.25, 0.3) is 0 Å². The summed E-state index contributed by atoms with van der Waals surface area (Å²) in [6.07, 6.45) is 1.66. The minimum Gasteiger partial charge on any atom is -0.480 e. The molecule has 3 aromatic rings. The van der Waals surface area contributed by atoms with E-state index in [0.717, 1.165) is 11.3 Å². The number of nitrogens with one attached hydrogen (secondary N) is 2. The Morgan fingerprint density at radius 2 is 2.00 bits per heavy atom. The molecular weight excluding hydrogens is 354 g/mol. The van der Waals surface area contributed by atoms with E-state index in [1.54, 1.807) is 18.3 Å². The van der Waals surface area contributed by atoms with Crippen LogP contribution in [0.3, 0.4) is 0 Å². The van der Waals surface area contributed by atoms with Crippen LogP contribution < -0.4 is 10.6 Å². The van der Waals surface area contributed by atoms with Crippen molar-refractivity contribution in [3.05, 3.63) is 59.2 Å². The quantitative estimate of drug-likeness (QED) is 0.608. The Kier molecular flexibility index (Phi) is 5.28. The van der Waals surface area contributed by atoms with Crippen molar-refractivity contribution in [1.82, 2.24) is 15.0 Å². The SMILES string of the molecule is Cc1ccc(Nc2cc(-c3ccccn3)nc(NCC(=O)O)n2)cc1Cl. The third-order valence-corrected chi connectivity index (χ3v) is 3.90. The van der Waals surface area contributed by atoms with Crippen molar-refractivity contribution in [2.24, 2.45) is 0 Å². The highest BCUT2D eigenvalue weighted by molar-refractivity contribution is 6.31. The van der Waals surface area contributed by atoms with Crippen molar-refractivity contribution < 1.29 is 9.90 Å². The van der Waals surface area contributed by atoms with Gasteiger partial charge in [-0.2, -0.15) is 4.98 Å². The average Bonchev–Trinajstić information content (AvgIpc) is 2.64. The summed E-state index contributed by atoms with van der Waals surface area (Å²) in [5, 5.41) is 15.3. The highest BCUT2D eigenvalue weighted by Crippen LogP contribution is 2.25. The highest BCUT2D eigenvalue weighted by Gasteiger charge is 2.09. The van der Waals surface area contributed by atoms with Gasteiger partial charge < -0.3 is 15.7 Å². The van der Waals surface area contributed by atoms with Crippen LogP contribution in [0.1, 0.15) is 5.56 Å². The van der Waals surface area contributed by atoms with Gasteiger partial charge in [-0.3, -0.25) is 9.78 Å². The van der Waals surface area contributed by atoms with Crippen LogP contribution in [0.25, 0.3) is 11.4 Å². The summed E-state index contributed by atoms with van der Waals surface area (Å²) in [6, 6.07) is 12.8. The summed E-state index contributed by atoms with van der Waals surface area (Å²) in [5.41, 5.74) is 2.95. The maximum Gasteiger partial charge on any atom is 0.322 e. The largest absolute Gasteiger partial charge is 0.480 e. The maximum absolute atomic E-state index is 10.8. The van der Waals surface area contributed by atoms with Crippen molar-refractivity contribution in [2.75, 3.05) is 17.2 Å². The topological polar surface area (TPSA) is 100 Å². The Morgan fingerprint density at radius 1 is 1.15 bits per heavy atom. The zero-order valence-electron chi connectivity index (χ0n) is 13.9. The molecular formula is C18H16ClN5O2. The molecule has 0 aliphatic heterocycles. The lowest BCUT2D eigenvalue weighted by atomic mass is 10.2. The zero-order valence-corrected chi connectivity index (χ0v) is 14.7. The minimum absolute atomic E-state index is 0.191. The molecule has 0 bridgehead atoms. The second-order valence-corrected chi connectivity index (χ2v) is 5.92. The van der Waals surface area contributed by atoms with Crippen molar-refractivity contribution in [3.63, 3.8) is 0 Å². The lowest BCUT2D eigenvalue weighted by molar-refractivity contribution is -0.134. The van der Waals surface area contributed by atoms with Crippen molar-refractivity contribution in [3.8, 4) is 11.4 Å². The average molecular weight is 370 g/mol. The summed E-state index contributed by atoms with van der Waals surface area (Å²) in [4.78, 5) is 23.7. The van der Waals surface area contributed by atoms with E-state index in [-0.39, 0.29) is 12.5 Å². The van der Waals surface area contributed by atoms with E-state index < -0.39 is 5.97 Å². The second kappa shape index (κ2) is 7.79. The molecule has 0 saturated heterocycles. The lowest BCUT2D eigenvalue weighted by Gasteiger charge is -2.11. The molecule has 0 fully saturated rings. The number of benzene rings is 1. The fraction of sp³-hybridized carbons (Fsp3) is 0.111. The third-order valence-electron chi connectivity index (χ3n) is 3.50. The van der Waals surface area contributed by atoms with Crippen LogP contribution in [0, 0.1) is 6.92 Å². The van der Waals surface area contributed by atoms with Gasteiger partial charge in [-0.1, -0.05) is 23.7 Å². The number of nitrogens with zero attached hydrogens (tertiary/aromatic N) is 3. The molecule has 0 atom stereocenters. The number of pyridine rings is 1. The third kappa shape index (κ3) is 4.46. The van der Waals surface area contributed by atoms with Crippen LogP contribution in [0.2, 0.25) is 5.02 Å². The predicted molar refractivity (Wildman–Crippen MR) is 101 cm³/mol. The molecule has 7 nitrogen and oxygen atoms in total. The number of halogens is 1. The molecule has 8 heteroatoms. The molecule has 3 rings (SSSR count). The Bertz CT molecular complexity index is 934. The first kappa shape index (κ1) is 17.6. The molecule has 0 saturated carbocycles. The number of carboxylic acid groups (broad SMARTS) is 1. The van der Waals surface area contributed by atoms with Crippen LogP contribution in [0.4, 0.5) is 17.5 Å². The molecule has 2 heterocycles. The number of aliphatic carboxylic acids is 1. The lowest BCUT2D eigenvalue weighted by Crippen LogP contribution is -2.15. The second-order valence-electron chi connectivity index (χ2n) is 5.51. The van der Waals surface area contributed by atoms with Crippen molar-refractivity contribution in [2.45, 2.75) is 6.92 Å². The van der Waals surface area contributed by atoms with E-state index >= 15 is 0 Å². The van der Waals surface area contributed by atoms with Crippen LogP contribution >= 0.6 is 11.6 Å². The maximum atomic E-state index is 10.8. The van der Waals surface area contributed by atoms with Crippen LogP contribution in [-0.4, -0.2) is 32.6 Å². The number of carbonyl (C=O) groups is 1. The smallest absolute Gasteiger partial charge is 0.322 e. The summed E-state index contributed by atoms with van der Waals surface area (Å²) in [5.74, 6) is -0.318. The minimum atomic E-state index is -1.00. The Morgan fingerprint density at radius 3 is 2.69 bits per heavy atom. The van der Waals surface area contributed by atoms with Crippen molar-refractivity contribution >= 4 is 35.0 Å². The van der Waals surface area contributed by atoms with Crippen LogP contribution in [0.15, 0.2) is 48.7 Å². The number of anilines is 3. The molecule has 0 aliphatic rings. The van der Waals surface area contributed by atoms with E-state index in [2.05, 4.69) is 25.6 Å². The van der Waals surface area contributed by atoms with Gasteiger partial charge in [-0.05, 0) is 36.8 Å². The first-order valence-electron chi connectivity index (χ1n) is 7.80. The Labute approximate surface area is 155 Å². The van der Waals surface area contributed by atoms with Gasteiger partial charge >= 0.3 is 5.97 Å². The molecule has 0 amide bonds. The summed E-state index contributed by atoms with van der Waals surface area (Å²) >= 11 is 6.16. The van der Waals surface area contributed by atoms with Gasteiger partial charge in [-0.15, -0.1) is 0 Å². The summed E-state index contributed by atoms with van der Waals surface area (Å²) in [7, 11) is 0. The van der Waals surface area contributed by atoms with E-state index in [1.807, 2.05) is 37.3 Å². The van der Waals surface area contributed by atoms with E-state index in [0.29, 0.717) is 22.2 Å². The monoisotopic (exact) mass is 369 g/mol. The molecule has 0 radical (unpaired) electrons. The molecule has 26 heavy (non-hydrogen) atoms. The van der Waals surface area contributed by atoms with Gasteiger partial charge in [0, 0.05) is 23.0 Å². The molecule has 0 unspecified atom stereocenters. The number of aryl methyl sites for hydroxylation is 1. The molecule has 2 aromatic heterocycles. The number of hydrogen-bond acceptors (Lipinski definition) is 6. The number of rotatable bonds is 6. The molecule has 132 valence electrons. The van der Waals surface area contributed by atoms with Gasteiger partial charge in [0.1, 0.15) is 12.4 Å². The Balaban J connectivity index is 1.95. The standard InChI is InChI=1S/C18H16ClN5O2/c1-11-5-6-12(8-13(11)19)22-16-9-15(14-4-2-3-7-20-14)23-18(24-16)21-10-17(25)26/h2-9H,10H2,1H3,(H,25,26)(H2,21,22,23,24). The van der Waals surface area contributed by atoms with Gasteiger partial charge in [-0.25, -0.2) is 4.98 Å². The normalized spacial score (nSPS) is 10.4. The van der Waals surface area contributed by atoms with E-state index in [9.17, 15) is 4.79 Å². The fourth-order valence-corrected chi connectivity index (χ4v) is 2.39. The van der Waals surface area contributed by atoms with Crippen LogP contribution in [0.5, 0.6) is 0 Å². The van der Waals surface area contributed by atoms with Gasteiger partial charge in [0.05, 0.1) is 11.4 Å². The van der Waals surface area contributed by atoms with E-state index in [1.165, 1.54) is 0 Å². The molecule has 0 aliphatic carbocycles. The first-order valence-corrected chi connectivity index (χ1v) is 8.18.